The molecule has 0 atom stereocenters. The molecule has 96 valence electrons. The summed E-state index contributed by atoms with van der Waals surface area (Å²) < 4.78 is 0. The van der Waals surface area contributed by atoms with Gasteiger partial charge in [0.1, 0.15) is 0 Å². The highest BCUT2D eigenvalue weighted by Gasteiger charge is 2.44. The molecule has 2 aliphatic rings. The van der Waals surface area contributed by atoms with Crippen LogP contribution in [0.5, 0.6) is 0 Å². The number of aryl methyl sites for hydroxylation is 2. The molecule has 1 fully saturated rings. The van der Waals surface area contributed by atoms with Crippen molar-refractivity contribution in [3.05, 3.63) is 58.7 Å². The van der Waals surface area contributed by atoms with Gasteiger partial charge in [-0.2, -0.15) is 0 Å². The van der Waals surface area contributed by atoms with E-state index >= 15 is 0 Å². The Bertz CT molecular complexity index is 604. The van der Waals surface area contributed by atoms with Gasteiger partial charge in [-0.1, -0.05) is 60.4 Å². The molecule has 0 unspecified atom stereocenters. The van der Waals surface area contributed by atoms with E-state index in [-0.39, 0.29) is 0 Å². The lowest BCUT2D eigenvalue weighted by Crippen LogP contribution is -2.20. The van der Waals surface area contributed by atoms with E-state index in [9.17, 15) is 0 Å². The fourth-order valence-corrected chi connectivity index (χ4v) is 4.24. The van der Waals surface area contributed by atoms with Gasteiger partial charge >= 0.3 is 0 Å². The third-order valence-electron chi connectivity index (χ3n) is 5.13. The molecule has 19 heavy (non-hydrogen) atoms. The minimum atomic E-state index is 0.336. The maximum atomic E-state index is 2.44. The number of fused-ring (bicyclic) bond motifs is 5. The second-order valence-electron chi connectivity index (χ2n) is 6.39. The van der Waals surface area contributed by atoms with Crippen molar-refractivity contribution in [3.63, 3.8) is 0 Å². The zero-order valence-corrected chi connectivity index (χ0v) is 11.8. The van der Waals surface area contributed by atoms with Crippen LogP contribution in [0.15, 0.2) is 36.4 Å². The molecule has 1 saturated carbocycles. The summed E-state index contributed by atoms with van der Waals surface area (Å²) in [6.45, 7) is 4.44. The van der Waals surface area contributed by atoms with E-state index in [2.05, 4.69) is 50.2 Å². The Balaban J connectivity index is 2.07. The summed E-state index contributed by atoms with van der Waals surface area (Å²) in [5, 5.41) is 0. The van der Waals surface area contributed by atoms with Gasteiger partial charge in [0.25, 0.3) is 0 Å². The fraction of sp³-hybridized carbons (Fsp3) is 0.368. The van der Waals surface area contributed by atoms with E-state index in [4.69, 9.17) is 0 Å². The molecule has 0 bridgehead atoms. The largest absolute Gasteiger partial charge is 0.0587 e. The van der Waals surface area contributed by atoms with Crippen LogP contribution in [0.25, 0.3) is 11.1 Å². The topological polar surface area (TPSA) is 0 Å². The van der Waals surface area contributed by atoms with Crippen molar-refractivity contribution in [2.75, 3.05) is 0 Å². The third kappa shape index (κ3) is 1.40. The number of hydrogen-bond donors (Lipinski definition) is 0. The van der Waals surface area contributed by atoms with E-state index in [0.29, 0.717) is 5.41 Å². The van der Waals surface area contributed by atoms with Gasteiger partial charge in [0.05, 0.1) is 0 Å². The molecule has 0 N–H and O–H groups in total. The van der Waals surface area contributed by atoms with Crippen molar-refractivity contribution >= 4 is 0 Å². The molecule has 2 aromatic carbocycles. The van der Waals surface area contributed by atoms with Crippen molar-refractivity contribution in [2.45, 2.75) is 44.9 Å². The lowest BCUT2D eigenvalue weighted by atomic mass is 9.76. The van der Waals surface area contributed by atoms with Crippen molar-refractivity contribution in [3.8, 4) is 11.1 Å². The zero-order valence-electron chi connectivity index (χ0n) is 11.8. The summed E-state index contributed by atoms with van der Waals surface area (Å²) in [6.07, 6.45) is 5.42. The molecule has 2 aliphatic carbocycles. The molecular weight excluding hydrogens is 228 g/mol. The summed E-state index contributed by atoms with van der Waals surface area (Å²) >= 11 is 0. The molecule has 0 heterocycles. The number of benzene rings is 2. The van der Waals surface area contributed by atoms with Gasteiger partial charge in [0, 0.05) is 5.41 Å². The van der Waals surface area contributed by atoms with Crippen LogP contribution in [0, 0.1) is 13.8 Å². The van der Waals surface area contributed by atoms with Crippen molar-refractivity contribution < 1.29 is 0 Å². The first-order valence-corrected chi connectivity index (χ1v) is 7.43. The second kappa shape index (κ2) is 3.72. The second-order valence-corrected chi connectivity index (χ2v) is 6.39. The first kappa shape index (κ1) is 11.3. The van der Waals surface area contributed by atoms with Crippen LogP contribution in [0.3, 0.4) is 0 Å². The normalized spacial score (nSPS) is 18.6. The zero-order chi connectivity index (χ0) is 13.0. The summed E-state index contributed by atoms with van der Waals surface area (Å²) in [7, 11) is 0. The van der Waals surface area contributed by atoms with Crippen LogP contribution >= 0.6 is 0 Å². The van der Waals surface area contributed by atoms with Crippen LogP contribution in [0.4, 0.5) is 0 Å². The third-order valence-corrected chi connectivity index (χ3v) is 5.13. The van der Waals surface area contributed by atoms with Crippen molar-refractivity contribution in [1.82, 2.24) is 0 Å². The Hall–Kier alpha value is -1.56. The number of rotatable bonds is 0. The van der Waals surface area contributed by atoms with Crippen molar-refractivity contribution in [2.24, 2.45) is 0 Å². The van der Waals surface area contributed by atoms with Gasteiger partial charge in [0.2, 0.25) is 0 Å². The smallest absolute Gasteiger partial charge is 0.0215 e. The van der Waals surface area contributed by atoms with Crippen LogP contribution in [-0.2, 0) is 5.41 Å². The fourth-order valence-electron chi connectivity index (χ4n) is 4.24. The van der Waals surface area contributed by atoms with Gasteiger partial charge < -0.3 is 0 Å². The van der Waals surface area contributed by atoms with Crippen LogP contribution in [0.2, 0.25) is 0 Å². The average molecular weight is 248 g/mol. The standard InChI is InChI=1S/C19H20/c1-13-5-7-15-16-8-6-14(2)12-18(16)19(17(15)11-13)9-3-4-10-19/h5-8,11-12H,3-4,9-10H2,1-2H3. The molecule has 0 nitrogen and oxygen atoms in total. The Morgan fingerprint density at radius 2 is 1.21 bits per heavy atom. The first-order valence-electron chi connectivity index (χ1n) is 7.43. The Morgan fingerprint density at radius 1 is 0.737 bits per heavy atom. The van der Waals surface area contributed by atoms with Gasteiger partial charge in [-0.3, -0.25) is 0 Å². The summed E-state index contributed by atoms with van der Waals surface area (Å²) in [4.78, 5) is 0. The van der Waals surface area contributed by atoms with E-state index < -0.39 is 0 Å². The van der Waals surface area contributed by atoms with Gasteiger partial charge in [0.15, 0.2) is 0 Å². The predicted octanol–water partition coefficient (Wildman–Crippen LogP) is 5.14. The molecular formula is C19H20. The highest BCUT2D eigenvalue weighted by molar-refractivity contribution is 5.81. The van der Waals surface area contributed by atoms with E-state index in [1.165, 1.54) is 47.9 Å². The van der Waals surface area contributed by atoms with Crippen LogP contribution in [-0.4, -0.2) is 0 Å². The molecule has 0 amide bonds. The lowest BCUT2D eigenvalue weighted by molar-refractivity contribution is 0.549. The maximum absolute atomic E-state index is 2.44. The monoisotopic (exact) mass is 248 g/mol. The Morgan fingerprint density at radius 3 is 1.68 bits per heavy atom. The Kier molecular flexibility index (Phi) is 2.21. The molecule has 4 rings (SSSR count). The summed E-state index contributed by atoms with van der Waals surface area (Å²) in [5.41, 5.74) is 9.31. The van der Waals surface area contributed by atoms with Crippen LogP contribution in [0.1, 0.15) is 47.9 Å². The van der Waals surface area contributed by atoms with Crippen molar-refractivity contribution in [1.29, 1.82) is 0 Å². The predicted molar refractivity (Wildman–Crippen MR) is 80.6 cm³/mol. The highest BCUT2D eigenvalue weighted by Crippen LogP contribution is 2.56. The first-order chi connectivity index (χ1) is 9.21. The molecule has 0 aliphatic heterocycles. The minimum Gasteiger partial charge on any atom is -0.0587 e. The van der Waals surface area contributed by atoms with Gasteiger partial charge in [-0.15, -0.1) is 0 Å². The highest BCUT2D eigenvalue weighted by atomic mass is 14.5. The minimum absolute atomic E-state index is 0.336. The van der Waals surface area contributed by atoms with E-state index in [0.717, 1.165) is 0 Å². The van der Waals surface area contributed by atoms with Crippen LogP contribution < -0.4 is 0 Å². The molecule has 0 saturated heterocycles. The van der Waals surface area contributed by atoms with E-state index in [1.807, 2.05) is 0 Å². The SMILES string of the molecule is Cc1ccc2c(c1)C1(CCCC1)c1cc(C)ccc1-2. The van der Waals surface area contributed by atoms with Gasteiger partial charge in [-0.25, -0.2) is 0 Å². The molecule has 0 heteroatoms. The number of hydrogen-bond acceptors (Lipinski definition) is 0. The summed E-state index contributed by atoms with van der Waals surface area (Å²) in [5.74, 6) is 0. The molecule has 2 aromatic rings. The molecule has 0 radical (unpaired) electrons. The summed E-state index contributed by atoms with van der Waals surface area (Å²) in [6, 6.07) is 14.1. The molecule has 1 spiro atoms. The molecule has 0 aromatic heterocycles. The maximum Gasteiger partial charge on any atom is 0.0215 e. The van der Waals surface area contributed by atoms with E-state index in [1.54, 1.807) is 11.1 Å². The average Bonchev–Trinajstić information content (AvgIpc) is 2.97. The Labute approximate surface area is 115 Å². The quantitative estimate of drug-likeness (QED) is 0.605. The lowest BCUT2D eigenvalue weighted by Gasteiger charge is -2.27. The van der Waals surface area contributed by atoms with Gasteiger partial charge in [-0.05, 0) is 48.9 Å².